The third-order valence-corrected chi connectivity index (χ3v) is 3.50. The highest BCUT2D eigenvalue weighted by molar-refractivity contribution is 5.94. The molecule has 1 aliphatic rings. The molecule has 1 unspecified atom stereocenters. The van der Waals surface area contributed by atoms with Gasteiger partial charge in [0.05, 0.1) is 6.61 Å². The summed E-state index contributed by atoms with van der Waals surface area (Å²) in [6.45, 7) is 5.31. The molecule has 2 rings (SSSR count). The number of hydrogen-bond donors (Lipinski definition) is 2. The van der Waals surface area contributed by atoms with E-state index in [2.05, 4.69) is 19.2 Å². The summed E-state index contributed by atoms with van der Waals surface area (Å²) in [5.74, 6) is 0.295. The molecule has 104 valence electrons. The Kier molecular flexibility index (Phi) is 4.22. The van der Waals surface area contributed by atoms with E-state index in [-0.39, 0.29) is 12.5 Å². The van der Waals surface area contributed by atoms with Crippen LogP contribution in [-0.2, 0) is 4.74 Å². The van der Waals surface area contributed by atoms with E-state index >= 15 is 0 Å². The van der Waals surface area contributed by atoms with E-state index in [0.717, 1.165) is 0 Å². The highest BCUT2D eigenvalue weighted by Gasteiger charge is 2.32. The number of aliphatic hydroxyl groups is 1. The SMILES string of the molecule is CC(C)c1ccc(C(=O)NCC2(O)CCOC2)cc1. The second-order valence-corrected chi connectivity index (χ2v) is 5.49. The summed E-state index contributed by atoms with van der Waals surface area (Å²) < 4.78 is 5.14. The van der Waals surface area contributed by atoms with Crippen molar-refractivity contribution in [1.82, 2.24) is 5.32 Å². The Balaban J connectivity index is 1.92. The number of nitrogens with one attached hydrogen (secondary N) is 1. The second kappa shape index (κ2) is 5.72. The van der Waals surface area contributed by atoms with Crippen molar-refractivity contribution >= 4 is 5.91 Å². The van der Waals surface area contributed by atoms with E-state index in [1.165, 1.54) is 5.56 Å². The van der Waals surface area contributed by atoms with Crippen LogP contribution in [0.2, 0.25) is 0 Å². The van der Waals surface area contributed by atoms with Gasteiger partial charge in [-0.05, 0) is 23.6 Å². The van der Waals surface area contributed by atoms with Gasteiger partial charge in [-0.2, -0.15) is 0 Å². The molecule has 2 N–H and O–H groups in total. The lowest BCUT2D eigenvalue weighted by Crippen LogP contribution is -2.43. The van der Waals surface area contributed by atoms with Gasteiger partial charge < -0.3 is 15.2 Å². The number of carbonyl (C=O) groups is 1. The number of carbonyl (C=O) groups excluding carboxylic acids is 1. The van der Waals surface area contributed by atoms with Gasteiger partial charge >= 0.3 is 0 Å². The van der Waals surface area contributed by atoms with E-state index in [1.807, 2.05) is 24.3 Å². The van der Waals surface area contributed by atoms with Gasteiger partial charge in [0.1, 0.15) is 5.60 Å². The third-order valence-electron chi connectivity index (χ3n) is 3.50. The fourth-order valence-electron chi connectivity index (χ4n) is 2.10. The number of amides is 1. The largest absolute Gasteiger partial charge is 0.386 e. The zero-order valence-electron chi connectivity index (χ0n) is 11.5. The lowest BCUT2D eigenvalue weighted by Gasteiger charge is -2.20. The number of benzene rings is 1. The predicted octanol–water partition coefficient (Wildman–Crippen LogP) is 1.69. The summed E-state index contributed by atoms with van der Waals surface area (Å²) in [7, 11) is 0. The maximum atomic E-state index is 12.0. The van der Waals surface area contributed by atoms with Gasteiger partial charge in [0.25, 0.3) is 5.91 Å². The number of hydrogen-bond acceptors (Lipinski definition) is 3. The Hall–Kier alpha value is -1.39. The van der Waals surface area contributed by atoms with Crippen molar-refractivity contribution in [3.8, 4) is 0 Å². The molecule has 0 radical (unpaired) electrons. The lowest BCUT2D eigenvalue weighted by molar-refractivity contribution is 0.0264. The van der Waals surface area contributed by atoms with Crippen LogP contribution in [0.3, 0.4) is 0 Å². The molecule has 4 heteroatoms. The summed E-state index contributed by atoms with van der Waals surface area (Å²) in [5.41, 5.74) is 0.916. The Labute approximate surface area is 113 Å². The van der Waals surface area contributed by atoms with Crippen LogP contribution < -0.4 is 5.32 Å². The quantitative estimate of drug-likeness (QED) is 0.869. The van der Waals surface area contributed by atoms with Gasteiger partial charge in [-0.25, -0.2) is 0 Å². The molecule has 1 aromatic rings. The Morgan fingerprint density at radius 2 is 2.11 bits per heavy atom. The average molecular weight is 263 g/mol. The summed E-state index contributed by atoms with van der Waals surface area (Å²) >= 11 is 0. The van der Waals surface area contributed by atoms with Crippen molar-refractivity contribution in [2.45, 2.75) is 31.8 Å². The molecule has 0 aromatic heterocycles. The van der Waals surface area contributed by atoms with E-state index in [9.17, 15) is 9.90 Å². The number of rotatable bonds is 4. The monoisotopic (exact) mass is 263 g/mol. The smallest absolute Gasteiger partial charge is 0.251 e. The molecule has 1 aliphatic heterocycles. The molecule has 1 aromatic carbocycles. The zero-order chi connectivity index (χ0) is 13.9. The van der Waals surface area contributed by atoms with Crippen molar-refractivity contribution < 1.29 is 14.6 Å². The first-order chi connectivity index (χ1) is 9.00. The van der Waals surface area contributed by atoms with Crippen molar-refractivity contribution in [1.29, 1.82) is 0 Å². The lowest BCUT2D eigenvalue weighted by atomic mass is 10.0. The molecular formula is C15H21NO3. The first-order valence-corrected chi connectivity index (χ1v) is 6.68. The maximum absolute atomic E-state index is 12.0. The predicted molar refractivity (Wildman–Crippen MR) is 73.3 cm³/mol. The zero-order valence-corrected chi connectivity index (χ0v) is 11.5. The van der Waals surface area contributed by atoms with Crippen LogP contribution in [0.15, 0.2) is 24.3 Å². The topological polar surface area (TPSA) is 58.6 Å². The van der Waals surface area contributed by atoms with Gasteiger partial charge in [-0.15, -0.1) is 0 Å². The molecule has 1 atom stereocenters. The summed E-state index contributed by atoms with van der Waals surface area (Å²) in [4.78, 5) is 12.0. The van der Waals surface area contributed by atoms with E-state index in [1.54, 1.807) is 0 Å². The molecule has 0 bridgehead atoms. The Morgan fingerprint density at radius 3 is 2.63 bits per heavy atom. The van der Waals surface area contributed by atoms with E-state index in [4.69, 9.17) is 4.74 Å². The van der Waals surface area contributed by atoms with Crippen LogP contribution in [0.5, 0.6) is 0 Å². The molecule has 0 spiro atoms. The molecule has 19 heavy (non-hydrogen) atoms. The molecule has 0 aliphatic carbocycles. The first-order valence-electron chi connectivity index (χ1n) is 6.68. The Bertz CT molecular complexity index is 433. The van der Waals surface area contributed by atoms with Crippen molar-refractivity contribution in [3.63, 3.8) is 0 Å². The van der Waals surface area contributed by atoms with Crippen LogP contribution in [0.4, 0.5) is 0 Å². The molecule has 4 nitrogen and oxygen atoms in total. The van der Waals surface area contributed by atoms with Crippen molar-refractivity contribution in [2.24, 2.45) is 0 Å². The molecule has 1 heterocycles. The average Bonchev–Trinajstić information content (AvgIpc) is 2.83. The third kappa shape index (κ3) is 3.55. The highest BCUT2D eigenvalue weighted by atomic mass is 16.5. The minimum Gasteiger partial charge on any atom is -0.386 e. The number of ether oxygens (including phenoxy) is 1. The van der Waals surface area contributed by atoms with Crippen molar-refractivity contribution in [2.75, 3.05) is 19.8 Å². The van der Waals surface area contributed by atoms with Crippen LogP contribution >= 0.6 is 0 Å². The fourth-order valence-corrected chi connectivity index (χ4v) is 2.10. The van der Waals surface area contributed by atoms with Crippen LogP contribution in [-0.4, -0.2) is 36.4 Å². The normalized spacial score (nSPS) is 22.7. The maximum Gasteiger partial charge on any atom is 0.251 e. The van der Waals surface area contributed by atoms with E-state index in [0.29, 0.717) is 31.1 Å². The van der Waals surface area contributed by atoms with Gasteiger partial charge in [-0.1, -0.05) is 26.0 Å². The Morgan fingerprint density at radius 1 is 1.42 bits per heavy atom. The van der Waals surface area contributed by atoms with Gasteiger partial charge in [0.2, 0.25) is 0 Å². The van der Waals surface area contributed by atoms with Gasteiger partial charge in [0, 0.05) is 25.1 Å². The van der Waals surface area contributed by atoms with Gasteiger partial charge in [0.15, 0.2) is 0 Å². The van der Waals surface area contributed by atoms with Crippen LogP contribution in [0.1, 0.15) is 42.1 Å². The molecular weight excluding hydrogens is 242 g/mol. The first kappa shape index (κ1) is 14.0. The second-order valence-electron chi connectivity index (χ2n) is 5.49. The molecule has 1 fully saturated rings. The van der Waals surface area contributed by atoms with Crippen LogP contribution in [0.25, 0.3) is 0 Å². The summed E-state index contributed by atoms with van der Waals surface area (Å²) in [5, 5.41) is 12.8. The molecule has 1 amide bonds. The standard InChI is InChI=1S/C15H21NO3/c1-11(2)12-3-5-13(6-4-12)14(17)16-9-15(18)7-8-19-10-15/h3-6,11,18H,7-10H2,1-2H3,(H,16,17). The van der Waals surface area contributed by atoms with Crippen molar-refractivity contribution in [3.05, 3.63) is 35.4 Å². The van der Waals surface area contributed by atoms with Crippen LogP contribution in [0, 0.1) is 0 Å². The summed E-state index contributed by atoms with van der Waals surface area (Å²) in [6, 6.07) is 7.57. The minimum atomic E-state index is -0.909. The summed E-state index contributed by atoms with van der Waals surface area (Å²) in [6.07, 6.45) is 0.569. The molecule has 0 saturated carbocycles. The molecule has 1 saturated heterocycles. The van der Waals surface area contributed by atoms with Gasteiger partial charge in [-0.3, -0.25) is 4.79 Å². The van der Waals surface area contributed by atoms with E-state index < -0.39 is 5.60 Å². The highest BCUT2D eigenvalue weighted by Crippen LogP contribution is 2.18. The fraction of sp³-hybridized carbons (Fsp3) is 0.533. The minimum absolute atomic E-state index is 0.157.